The van der Waals surface area contributed by atoms with Gasteiger partial charge in [-0.2, -0.15) is 0 Å². The first-order valence-corrected chi connectivity index (χ1v) is 15.0. The minimum atomic E-state index is 0.0674. The van der Waals surface area contributed by atoms with Crippen LogP contribution in [0.1, 0.15) is 24.0 Å². The number of anilines is 3. The van der Waals surface area contributed by atoms with Gasteiger partial charge in [0, 0.05) is 73.9 Å². The number of morpholine rings is 1. The molecule has 8 bridgehead atoms. The molecular weight excluding hydrogens is 530 g/mol. The van der Waals surface area contributed by atoms with E-state index in [4.69, 9.17) is 14.5 Å². The third-order valence-electron chi connectivity index (χ3n) is 8.44. The number of carbonyl (C=O) groups is 1. The van der Waals surface area contributed by atoms with Crippen LogP contribution in [0.15, 0.2) is 48.7 Å². The Morgan fingerprint density at radius 3 is 2.62 bits per heavy atom. The van der Waals surface area contributed by atoms with Crippen LogP contribution in [0, 0.1) is 5.92 Å². The fourth-order valence-electron chi connectivity index (χ4n) is 6.11. The van der Waals surface area contributed by atoms with Crippen LogP contribution in [-0.2, 0) is 22.6 Å². The van der Waals surface area contributed by atoms with Gasteiger partial charge >= 0.3 is 0 Å². The summed E-state index contributed by atoms with van der Waals surface area (Å²) in [5, 5.41) is 6.68. The first-order chi connectivity index (χ1) is 20.5. The van der Waals surface area contributed by atoms with E-state index in [0.29, 0.717) is 19.0 Å². The third-order valence-corrected chi connectivity index (χ3v) is 8.44. The highest BCUT2D eigenvalue weighted by Crippen LogP contribution is 2.30. The Balaban J connectivity index is 1.34. The van der Waals surface area contributed by atoms with Crippen molar-refractivity contribution in [2.75, 3.05) is 76.9 Å². The highest BCUT2D eigenvalue weighted by Gasteiger charge is 2.25. The molecule has 4 aliphatic rings. The predicted octanol–water partition coefficient (Wildman–Crippen LogP) is 3.51. The summed E-state index contributed by atoms with van der Waals surface area (Å²) in [4.78, 5) is 29.5. The Labute approximate surface area is 248 Å². The number of aromatic nitrogens is 2. The van der Waals surface area contributed by atoms with Crippen molar-refractivity contribution in [2.24, 2.45) is 5.92 Å². The predicted molar refractivity (Wildman–Crippen MR) is 164 cm³/mol. The van der Waals surface area contributed by atoms with Gasteiger partial charge in [0.2, 0.25) is 11.9 Å². The second kappa shape index (κ2) is 13.1. The van der Waals surface area contributed by atoms with E-state index in [-0.39, 0.29) is 11.8 Å². The lowest BCUT2D eigenvalue weighted by Crippen LogP contribution is -2.42. The van der Waals surface area contributed by atoms with Gasteiger partial charge in [0.05, 0.1) is 26.0 Å². The van der Waals surface area contributed by atoms with Gasteiger partial charge in [-0.25, -0.2) is 9.97 Å². The molecule has 5 heterocycles. The number of nitrogens with zero attached hydrogens (tertiary/aromatic N) is 5. The van der Waals surface area contributed by atoms with Crippen LogP contribution in [-0.4, -0.2) is 92.3 Å². The van der Waals surface area contributed by atoms with E-state index >= 15 is 0 Å². The van der Waals surface area contributed by atoms with Crippen LogP contribution in [0.5, 0.6) is 5.75 Å². The van der Waals surface area contributed by atoms with Crippen LogP contribution in [0.3, 0.4) is 0 Å². The van der Waals surface area contributed by atoms with Crippen molar-refractivity contribution in [1.82, 2.24) is 25.1 Å². The molecule has 0 aliphatic carbocycles. The van der Waals surface area contributed by atoms with E-state index in [1.807, 2.05) is 18.2 Å². The molecule has 222 valence electrons. The zero-order valence-electron chi connectivity index (χ0n) is 24.6. The van der Waals surface area contributed by atoms with E-state index in [2.05, 4.69) is 61.6 Å². The molecule has 1 amide bonds. The summed E-state index contributed by atoms with van der Waals surface area (Å²) < 4.78 is 11.3. The lowest BCUT2D eigenvalue weighted by molar-refractivity contribution is -0.126. The molecule has 4 aliphatic heterocycles. The quantitative estimate of drug-likeness (QED) is 0.479. The van der Waals surface area contributed by atoms with Crippen LogP contribution in [0.4, 0.5) is 17.3 Å². The van der Waals surface area contributed by atoms with Gasteiger partial charge in [-0.1, -0.05) is 0 Å². The van der Waals surface area contributed by atoms with E-state index in [1.54, 1.807) is 13.3 Å². The van der Waals surface area contributed by atoms with Gasteiger partial charge in [0.15, 0.2) is 0 Å². The number of methoxy groups -OCH3 is 1. The molecule has 42 heavy (non-hydrogen) atoms. The van der Waals surface area contributed by atoms with Gasteiger partial charge < -0.3 is 29.9 Å². The number of ether oxygens (including phenoxy) is 2. The number of piperidine rings is 1. The number of nitrogens with one attached hydrogen (secondary N) is 2. The molecule has 0 spiro atoms. The average Bonchev–Trinajstić information content (AvgIpc) is 3.01. The van der Waals surface area contributed by atoms with Crippen LogP contribution < -0.4 is 20.3 Å². The molecule has 3 aromatic rings. The van der Waals surface area contributed by atoms with Crippen molar-refractivity contribution in [3.63, 3.8) is 0 Å². The number of hydrogen-bond acceptors (Lipinski definition) is 9. The van der Waals surface area contributed by atoms with Gasteiger partial charge in [0.1, 0.15) is 5.75 Å². The summed E-state index contributed by atoms with van der Waals surface area (Å²) >= 11 is 0. The van der Waals surface area contributed by atoms with Crippen molar-refractivity contribution in [3.05, 3.63) is 59.8 Å². The maximum Gasteiger partial charge on any atom is 0.227 e. The maximum absolute atomic E-state index is 13.0. The molecule has 0 radical (unpaired) electrons. The molecule has 10 nitrogen and oxygen atoms in total. The summed E-state index contributed by atoms with van der Waals surface area (Å²) in [5.74, 6) is 1.63. The first-order valence-electron chi connectivity index (χ1n) is 15.0. The smallest absolute Gasteiger partial charge is 0.227 e. The normalized spacial score (nSPS) is 22.0. The molecule has 0 unspecified atom stereocenters. The Bertz CT molecular complexity index is 1390. The standard InChI is InChI=1S/C32H41N7O3/c1-37-12-9-33-31(40)24-6-10-38(11-7-24)21-23-17-27(20-28(18-23)39-13-15-42-16-14-39)35-32-34-8-5-29(36-32)25-3-4-30(41-2)26(19-25)22-37/h3-5,8,17-20,24H,6-7,9-16,21-22H2,1-2H3,(H,33,40)(H,34,35,36). The van der Waals surface area contributed by atoms with E-state index in [0.717, 1.165) is 93.6 Å². The van der Waals surface area contributed by atoms with Crippen LogP contribution in [0.2, 0.25) is 0 Å². The fourth-order valence-corrected chi connectivity index (χ4v) is 6.11. The average molecular weight is 572 g/mol. The highest BCUT2D eigenvalue weighted by atomic mass is 16.5. The van der Waals surface area contributed by atoms with Crippen molar-refractivity contribution in [1.29, 1.82) is 0 Å². The number of hydrogen-bond donors (Lipinski definition) is 2. The zero-order valence-corrected chi connectivity index (χ0v) is 24.6. The molecule has 0 atom stereocenters. The molecule has 2 fully saturated rings. The Morgan fingerprint density at radius 1 is 0.976 bits per heavy atom. The monoisotopic (exact) mass is 571 g/mol. The van der Waals surface area contributed by atoms with Crippen LogP contribution in [0.25, 0.3) is 11.3 Å². The van der Waals surface area contributed by atoms with Crippen molar-refractivity contribution in [2.45, 2.75) is 25.9 Å². The molecule has 1 aromatic heterocycles. The molecule has 2 saturated heterocycles. The summed E-state index contributed by atoms with van der Waals surface area (Å²) in [6, 6.07) is 14.8. The molecule has 7 rings (SSSR count). The number of carbonyl (C=O) groups excluding carboxylic acids is 1. The maximum atomic E-state index is 13.0. The minimum absolute atomic E-state index is 0.0674. The van der Waals surface area contributed by atoms with Gasteiger partial charge in [-0.05, 0) is 81.0 Å². The SMILES string of the molecule is COc1ccc2cc1CN(C)CCNC(=O)C1CCN(CC1)Cc1cc(cc(N3CCOCC3)c1)Nc1nccc-2n1. The topological polar surface area (TPSA) is 95.1 Å². The van der Waals surface area contributed by atoms with E-state index in [1.165, 1.54) is 11.3 Å². The van der Waals surface area contributed by atoms with Gasteiger partial charge in [-0.3, -0.25) is 9.69 Å². The molecule has 0 saturated carbocycles. The molecular formula is C32H41N7O3. The number of rotatable bonds is 2. The number of likely N-dealkylation sites (N-methyl/N-ethyl adjacent to an activating group) is 1. The second-order valence-corrected chi connectivity index (χ2v) is 11.5. The van der Waals surface area contributed by atoms with E-state index < -0.39 is 0 Å². The lowest BCUT2D eigenvalue weighted by atomic mass is 9.95. The Hall–Kier alpha value is -3.73. The largest absolute Gasteiger partial charge is 0.496 e. The summed E-state index contributed by atoms with van der Waals surface area (Å²) in [5.41, 5.74) is 6.27. The first kappa shape index (κ1) is 28.4. The molecule has 2 aromatic carbocycles. The third kappa shape index (κ3) is 6.83. The zero-order chi connectivity index (χ0) is 28.9. The molecule has 2 N–H and O–H groups in total. The van der Waals surface area contributed by atoms with E-state index in [9.17, 15) is 4.79 Å². The lowest BCUT2D eigenvalue weighted by Gasteiger charge is -2.32. The molecule has 10 heteroatoms. The minimum Gasteiger partial charge on any atom is -0.496 e. The van der Waals surface area contributed by atoms with Crippen molar-refractivity contribution >= 4 is 23.2 Å². The fraction of sp³-hybridized carbons (Fsp3) is 0.469. The van der Waals surface area contributed by atoms with Gasteiger partial charge in [-0.15, -0.1) is 0 Å². The summed E-state index contributed by atoms with van der Waals surface area (Å²) in [7, 11) is 3.76. The highest BCUT2D eigenvalue weighted by molar-refractivity contribution is 5.78. The van der Waals surface area contributed by atoms with Crippen molar-refractivity contribution in [3.8, 4) is 17.0 Å². The Morgan fingerprint density at radius 2 is 1.81 bits per heavy atom. The number of amides is 1. The second-order valence-electron chi connectivity index (χ2n) is 11.5. The summed E-state index contributed by atoms with van der Waals surface area (Å²) in [6.45, 7) is 7.90. The van der Waals surface area contributed by atoms with Crippen molar-refractivity contribution < 1.29 is 14.3 Å². The Kier molecular flexibility index (Phi) is 8.83. The summed E-state index contributed by atoms with van der Waals surface area (Å²) in [6.07, 6.45) is 3.55. The van der Waals surface area contributed by atoms with Gasteiger partial charge in [0.25, 0.3) is 0 Å². The number of benzene rings is 2. The van der Waals surface area contributed by atoms with Crippen LogP contribution >= 0.6 is 0 Å². The number of fused-ring (bicyclic) bond motifs is 7.